The van der Waals surface area contributed by atoms with Crippen molar-refractivity contribution in [3.8, 4) is 0 Å². The summed E-state index contributed by atoms with van der Waals surface area (Å²) in [5.74, 6) is 1.43. The fourth-order valence-corrected chi connectivity index (χ4v) is 4.05. The Morgan fingerprint density at radius 2 is 1.90 bits per heavy atom. The van der Waals surface area contributed by atoms with E-state index < -0.39 is 8.07 Å². The van der Waals surface area contributed by atoms with E-state index in [0.29, 0.717) is 5.92 Å². The highest BCUT2D eigenvalue weighted by Crippen LogP contribution is 2.35. The molecule has 1 N–H and O–H groups in total. The van der Waals surface area contributed by atoms with Crippen molar-refractivity contribution >= 4 is 19.0 Å². The summed E-state index contributed by atoms with van der Waals surface area (Å²) >= 11 is 0. The lowest BCUT2D eigenvalue weighted by Crippen LogP contribution is -2.20. The number of furan rings is 1. The second-order valence-electron chi connectivity index (χ2n) is 6.96. The van der Waals surface area contributed by atoms with Crippen molar-refractivity contribution in [3.05, 3.63) is 60.2 Å². The van der Waals surface area contributed by atoms with E-state index in [-0.39, 0.29) is 0 Å². The highest BCUT2D eigenvalue weighted by Gasteiger charge is 2.23. The van der Waals surface area contributed by atoms with E-state index in [9.17, 15) is 0 Å². The number of fused-ring (bicyclic) bond motifs is 1. The number of hydrogen-bond acceptors (Lipinski definition) is 1. The van der Waals surface area contributed by atoms with Gasteiger partial charge in [-0.3, -0.25) is 0 Å². The average Bonchev–Trinajstić information content (AvgIpc) is 3.08. The third-order valence-electron chi connectivity index (χ3n) is 4.07. The maximum absolute atomic E-state index is 5.74. The molecule has 0 aliphatic carbocycles. The summed E-state index contributed by atoms with van der Waals surface area (Å²) in [6, 6.07) is 13.9. The molecule has 0 saturated carbocycles. The van der Waals surface area contributed by atoms with Gasteiger partial charge in [-0.15, -0.1) is 0 Å². The van der Waals surface area contributed by atoms with Crippen LogP contribution >= 0.6 is 0 Å². The Morgan fingerprint density at radius 3 is 2.62 bits per heavy atom. The maximum atomic E-state index is 5.74. The summed E-state index contributed by atoms with van der Waals surface area (Å²) in [4.78, 5) is 3.40. The van der Waals surface area contributed by atoms with Crippen LogP contribution in [0.4, 0.5) is 0 Å². The number of nitrogens with one attached hydrogen (secondary N) is 1. The molecule has 0 bridgehead atoms. The summed E-state index contributed by atoms with van der Waals surface area (Å²) in [5.41, 5.74) is 2.57. The Balaban J connectivity index is 1.99. The zero-order valence-electron chi connectivity index (χ0n) is 13.0. The standard InChI is InChI=1S/C18H23NOSi/c1-21(2,3)12-10-15(18-9-6-11-20-18)16-13-19-17-8-5-4-7-14(16)17/h4-9,11,13,15,19H,10,12H2,1-3H3. The smallest absolute Gasteiger partial charge is 0.111 e. The van der Waals surface area contributed by atoms with Crippen LogP contribution in [0.15, 0.2) is 53.3 Å². The molecular weight excluding hydrogens is 274 g/mol. The summed E-state index contributed by atoms with van der Waals surface area (Å²) in [6.07, 6.45) is 5.10. The van der Waals surface area contributed by atoms with Crippen molar-refractivity contribution in [1.82, 2.24) is 4.98 Å². The van der Waals surface area contributed by atoms with Crippen LogP contribution in [-0.2, 0) is 0 Å². The first kappa shape index (κ1) is 14.2. The first-order valence-corrected chi connectivity index (χ1v) is 11.3. The zero-order chi connectivity index (χ0) is 14.9. The van der Waals surface area contributed by atoms with E-state index in [1.807, 2.05) is 6.07 Å². The first-order chi connectivity index (χ1) is 10.0. The monoisotopic (exact) mass is 297 g/mol. The van der Waals surface area contributed by atoms with Gasteiger partial charge in [-0.1, -0.05) is 43.9 Å². The number of hydrogen-bond donors (Lipinski definition) is 1. The van der Waals surface area contributed by atoms with Crippen molar-refractivity contribution in [1.29, 1.82) is 0 Å². The molecule has 0 amide bonds. The number of aromatic nitrogens is 1. The summed E-state index contributed by atoms with van der Waals surface area (Å²) < 4.78 is 5.74. The Labute approximate surface area is 127 Å². The molecule has 1 atom stereocenters. The van der Waals surface area contributed by atoms with Crippen molar-refractivity contribution in [2.24, 2.45) is 0 Å². The lowest BCUT2D eigenvalue weighted by Gasteiger charge is -2.20. The second kappa shape index (κ2) is 5.56. The lowest BCUT2D eigenvalue weighted by atomic mass is 9.93. The third-order valence-corrected chi connectivity index (χ3v) is 5.85. The molecule has 21 heavy (non-hydrogen) atoms. The van der Waals surface area contributed by atoms with Crippen molar-refractivity contribution in [2.75, 3.05) is 0 Å². The molecule has 110 valence electrons. The molecule has 3 aromatic rings. The molecule has 2 nitrogen and oxygen atoms in total. The van der Waals surface area contributed by atoms with E-state index in [0.717, 1.165) is 12.2 Å². The zero-order valence-corrected chi connectivity index (χ0v) is 14.0. The van der Waals surface area contributed by atoms with Crippen LogP contribution < -0.4 is 0 Å². The van der Waals surface area contributed by atoms with Crippen LogP contribution in [0, 0.1) is 0 Å². The molecule has 3 heteroatoms. The van der Waals surface area contributed by atoms with Crippen molar-refractivity contribution < 1.29 is 4.42 Å². The van der Waals surface area contributed by atoms with Crippen LogP contribution in [0.25, 0.3) is 10.9 Å². The number of benzene rings is 1. The molecular formula is C18H23NOSi. The molecule has 0 spiro atoms. The highest BCUT2D eigenvalue weighted by atomic mass is 28.3. The fraction of sp³-hybridized carbons (Fsp3) is 0.333. The van der Waals surface area contributed by atoms with E-state index in [1.54, 1.807) is 6.26 Å². The maximum Gasteiger partial charge on any atom is 0.111 e. The first-order valence-electron chi connectivity index (χ1n) is 7.64. The predicted octanol–water partition coefficient (Wildman–Crippen LogP) is 5.62. The third kappa shape index (κ3) is 3.13. The van der Waals surface area contributed by atoms with E-state index in [1.165, 1.54) is 22.5 Å². The lowest BCUT2D eigenvalue weighted by molar-refractivity contribution is 0.481. The molecule has 0 aliphatic rings. The molecule has 2 aromatic heterocycles. The van der Waals surface area contributed by atoms with Crippen LogP contribution in [0.2, 0.25) is 25.7 Å². The normalized spacial score (nSPS) is 13.7. The average molecular weight is 297 g/mol. The van der Waals surface area contributed by atoms with Gasteiger partial charge in [0.1, 0.15) is 5.76 Å². The Hall–Kier alpha value is -1.74. The largest absolute Gasteiger partial charge is 0.469 e. The Bertz CT molecular complexity index is 706. The van der Waals surface area contributed by atoms with Gasteiger partial charge in [0.05, 0.1) is 6.26 Å². The molecule has 1 aromatic carbocycles. The quantitative estimate of drug-likeness (QED) is 0.608. The van der Waals surface area contributed by atoms with Gasteiger partial charge in [0.25, 0.3) is 0 Å². The van der Waals surface area contributed by atoms with Crippen LogP contribution in [0.5, 0.6) is 0 Å². The second-order valence-corrected chi connectivity index (χ2v) is 12.6. The van der Waals surface area contributed by atoms with Crippen molar-refractivity contribution in [2.45, 2.75) is 38.0 Å². The van der Waals surface area contributed by atoms with E-state index in [4.69, 9.17) is 4.42 Å². The minimum atomic E-state index is -1.06. The molecule has 2 heterocycles. The summed E-state index contributed by atoms with van der Waals surface area (Å²) in [6.45, 7) is 7.30. The van der Waals surface area contributed by atoms with Gasteiger partial charge in [0.2, 0.25) is 0 Å². The predicted molar refractivity (Wildman–Crippen MR) is 91.6 cm³/mol. The van der Waals surface area contributed by atoms with Gasteiger partial charge < -0.3 is 9.40 Å². The molecule has 0 fully saturated rings. The van der Waals surface area contributed by atoms with E-state index >= 15 is 0 Å². The van der Waals surface area contributed by atoms with Gasteiger partial charge in [-0.25, -0.2) is 0 Å². The number of para-hydroxylation sites is 1. The minimum absolute atomic E-state index is 0.350. The molecule has 0 radical (unpaired) electrons. The van der Waals surface area contributed by atoms with E-state index in [2.05, 4.69) is 61.2 Å². The topological polar surface area (TPSA) is 28.9 Å². The Kier molecular flexibility index (Phi) is 3.76. The molecule has 0 aliphatic heterocycles. The number of H-pyrrole nitrogens is 1. The number of rotatable bonds is 5. The molecule has 0 saturated heterocycles. The highest BCUT2D eigenvalue weighted by molar-refractivity contribution is 6.76. The van der Waals surface area contributed by atoms with Gasteiger partial charge in [0, 0.05) is 31.1 Å². The van der Waals surface area contributed by atoms with Gasteiger partial charge in [-0.2, -0.15) is 0 Å². The summed E-state index contributed by atoms with van der Waals surface area (Å²) in [7, 11) is -1.06. The van der Waals surface area contributed by atoms with Gasteiger partial charge in [-0.05, 0) is 30.2 Å². The van der Waals surface area contributed by atoms with Crippen molar-refractivity contribution in [3.63, 3.8) is 0 Å². The fourth-order valence-electron chi connectivity index (χ4n) is 2.90. The van der Waals surface area contributed by atoms with Crippen LogP contribution in [-0.4, -0.2) is 13.1 Å². The van der Waals surface area contributed by atoms with Gasteiger partial charge >= 0.3 is 0 Å². The van der Waals surface area contributed by atoms with Crippen LogP contribution in [0.1, 0.15) is 23.7 Å². The molecule has 1 unspecified atom stereocenters. The SMILES string of the molecule is C[Si](C)(C)CCC(c1ccco1)c1c[nH]c2ccccc12. The molecule has 3 rings (SSSR count). The minimum Gasteiger partial charge on any atom is -0.469 e. The van der Waals surface area contributed by atoms with Crippen LogP contribution in [0.3, 0.4) is 0 Å². The Morgan fingerprint density at radius 1 is 1.10 bits per heavy atom. The summed E-state index contributed by atoms with van der Waals surface area (Å²) in [5, 5.41) is 1.31. The van der Waals surface area contributed by atoms with Gasteiger partial charge in [0.15, 0.2) is 0 Å². The number of aromatic amines is 1.